The molecule has 2 aliphatic heterocycles. The molecule has 3 N–H and O–H groups in total. The lowest BCUT2D eigenvalue weighted by Crippen LogP contribution is -2.46. The Balaban J connectivity index is 1.44. The average Bonchev–Trinajstić information content (AvgIpc) is 3.68. The van der Waals surface area contributed by atoms with Crippen LogP contribution in [0.15, 0.2) is 24.3 Å². The van der Waals surface area contributed by atoms with Crippen molar-refractivity contribution in [3.63, 3.8) is 0 Å². The summed E-state index contributed by atoms with van der Waals surface area (Å²) in [7, 11) is 0. The molecule has 35 heavy (non-hydrogen) atoms. The highest BCUT2D eigenvalue weighted by Crippen LogP contribution is 2.31. The van der Waals surface area contributed by atoms with E-state index in [2.05, 4.69) is 27.8 Å². The Morgan fingerprint density at radius 2 is 1.94 bits per heavy atom. The zero-order chi connectivity index (χ0) is 24.4. The molecule has 2 fully saturated rings. The fourth-order valence-electron chi connectivity index (χ4n) is 4.54. The lowest BCUT2D eigenvalue weighted by molar-refractivity contribution is 0.0983. The summed E-state index contributed by atoms with van der Waals surface area (Å²) < 4.78 is 5.65. The van der Waals surface area contributed by atoms with Crippen molar-refractivity contribution in [3.8, 4) is 11.4 Å². The predicted molar refractivity (Wildman–Crippen MR) is 133 cm³/mol. The highest BCUT2D eigenvalue weighted by molar-refractivity contribution is 5.89. The predicted octanol–water partition coefficient (Wildman–Crippen LogP) is 2.74. The van der Waals surface area contributed by atoms with E-state index in [4.69, 9.17) is 14.7 Å². The molecule has 0 unspecified atom stereocenters. The van der Waals surface area contributed by atoms with E-state index < -0.39 is 0 Å². The summed E-state index contributed by atoms with van der Waals surface area (Å²) in [6, 6.07) is 7.83. The van der Waals surface area contributed by atoms with Crippen LogP contribution in [-0.2, 0) is 17.7 Å². The van der Waals surface area contributed by atoms with Crippen LogP contribution in [0, 0.1) is 0 Å². The number of carbonyl (C=O) groups excluding carboxylic acids is 2. The standard InChI is InChI=1S/C25H33N7O3/c1-3-26-25(34)31-11-10-20-21(14-31)29-22(30-23(20)32-12-13-35-15-16(32)2)17-4-6-18(7-5-17)27-24(33)28-19-8-9-19/h4-7,16,19H,3,8-15H2,1-2H3,(H,26,34)(H2,27,28,33)/t16-/m0/s1. The first-order chi connectivity index (χ1) is 17.0. The number of carbonyl (C=O) groups is 2. The van der Waals surface area contributed by atoms with Gasteiger partial charge in [0, 0.05) is 42.5 Å². The van der Waals surface area contributed by atoms with E-state index in [1.165, 1.54) is 0 Å². The van der Waals surface area contributed by atoms with Gasteiger partial charge in [-0.1, -0.05) is 0 Å². The van der Waals surface area contributed by atoms with Crippen LogP contribution >= 0.6 is 0 Å². The maximum Gasteiger partial charge on any atom is 0.319 e. The van der Waals surface area contributed by atoms with Crippen LogP contribution in [0.3, 0.4) is 0 Å². The number of hydrogen-bond acceptors (Lipinski definition) is 6. The van der Waals surface area contributed by atoms with E-state index in [0.717, 1.165) is 42.0 Å². The summed E-state index contributed by atoms with van der Waals surface area (Å²) in [5, 5.41) is 8.69. The monoisotopic (exact) mass is 479 g/mol. The topological polar surface area (TPSA) is 112 Å². The van der Waals surface area contributed by atoms with Gasteiger partial charge in [-0.05, 0) is 57.4 Å². The lowest BCUT2D eigenvalue weighted by atomic mass is 10.0. The summed E-state index contributed by atoms with van der Waals surface area (Å²) in [5.74, 6) is 1.55. The highest BCUT2D eigenvalue weighted by atomic mass is 16.5. The third-order valence-electron chi connectivity index (χ3n) is 6.61. The van der Waals surface area contributed by atoms with Crippen LogP contribution < -0.4 is 20.9 Å². The molecule has 1 atom stereocenters. The Morgan fingerprint density at radius 3 is 2.66 bits per heavy atom. The Labute approximate surface area is 205 Å². The summed E-state index contributed by atoms with van der Waals surface area (Å²) in [4.78, 5) is 38.6. The molecule has 1 saturated carbocycles. The van der Waals surface area contributed by atoms with Gasteiger partial charge in [-0.3, -0.25) is 0 Å². The fourth-order valence-corrected chi connectivity index (χ4v) is 4.54. The van der Waals surface area contributed by atoms with Gasteiger partial charge in [0.05, 0.1) is 31.5 Å². The minimum atomic E-state index is -0.181. The van der Waals surface area contributed by atoms with Gasteiger partial charge in [-0.25, -0.2) is 19.6 Å². The quantitative estimate of drug-likeness (QED) is 0.608. The van der Waals surface area contributed by atoms with Gasteiger partial charge in [0.15, 0.2) is 5.82 Å². The smallest absolute Gasteiger partial charge is 0.319 e. The number of rotatable bonds is 5. The number of hydrogen-bond donors (Lipinski definition) is 3. The van der Waals surface area contributed by atoms with Crippen molar-refractivity contribution in [3.05, 3.63) is 35.5 Å². The number of benzene rings is 1. The number of ether oxygens (including phenoxy) is 1. The SMILES string of the molecule is CCNC(=O)N1CCc2c(nc(-c3ccc(NC(=O)NC4CC4)cc3)nc2N2CCOC[C@@H]2C)C1. The first-order valence-corrected chi connectivity index (χ1v) is 12.5. The molecular weight excluding hydrogens is 446 g/mol. The minimum Gasteiger partial charge on any atom is -0.377 e. The van der Waals surface area contributed by atoms with Crippen molar-refractivity contribution in [2.45, 2.75) is 51.7 Å². The molecule has 1 aliphatic carbocycles. The van der Waals surface area contributed by atoms with Crippen molar-refractivity contribution in [2.75, 3.05) is 43.1 Å². The zero-order valence-electron chi connectivity index (χ0n) is 20.3. The number of aromatic nitrogens is 2. The molecule has 3 aliphatic rings. The molecule has 186 valence electrons. The van der Waals surface area contributed by atoms with Crippen LogP contribution in [-0.4, -0.2) is 71.9 Å². The van der Waals surface area contributed by atoms with Gasteiger partial charge in [-0.15, -0.1) is 0 Å². The lowest BCUT2D eigenvalue weighted by Gasteiger charge is -2.37. The molecule has 2 aromatic rings. The van der Waals surface area contributed by atoms with Gasteiger partial charge in [0.2, 0.25) is 0 Å². The molecule has 1 aromatic carbocycles. The first-order valence-electron chi connectivity index (χ1n) is 12.5. The van der Waals surface area contributed by atoms with Crippen molar-refractivity contribution in [1.82, 2.24) is 25.5 Å². The zero-order valence-corrected chi connectivity index (χ0v) is 20.3. The minimum absolute atomic E-state index is 0.0699. The second-order valence-corrected chi connectivity index (χ2v) is 9.37. The van der Waals surface area contributed by atoms with Crippen LogP contribution in [0.1, 0.15) is 37.9 Å². The normalized spacial score (nSPS) is 19.7. The first kappa shape index (κ1) is 23.3. The molecule has 5 rings (SSSR count). The molecule has 10 heteroatoms. The number of nitrogens with zero attached hydrogens (tertiary/aromatic N) is 4. The van der Waals surface area contributed by atoms with Crippen LogP contribution in [0.25, 0.3) is 11.4 Å². The second-order valence-electron chi connectivity index (χ2n) is 9.37. The fraction of sp³-hybridized carbons (Fsp3) is 0.520. The Hall–Kier alpha value is -3.40. The number of urea groups is 2. The molecule has 0 bridgehead atoms. The number of morpholine rings is 1. The highest BCUT2D eigenvalue weighted by Gasteiger charge is 2.30. The summed E-state index contributed by atoms with van der Waals surface area (Å²) in [6.07, 6.45) is 2.80. The molecule has 1 saturated heterocycles. The molecule has 10 nitrogen and oxygen atoms in total. The molecule has 0 radical (unpaired) electrons. The van der Waals surface area contributed by atoms with Crippen molar-refractivity contribution in [2.24, 2.45) is 0 Å². The number of nitrogens with one attached hydrogen (secondary N) is 3. The maximum absolute atomic E-state index is 12.5. The van der Waals surface area contributed by atoms with E-state index >= 15 is 0 Å². The van der Waals surface area contributed by atoms with Crippen LogP contribution in [0.4, 0.5) is 21.1 Å². The Kier molecular flexibility index (Phi) is 6.72. The van der Waals surface area contributed by atoms with Gasteiger partial charge < -0.3 is 30.5 Å². The Bertz CT molecular complexity index is 1090. The van der Waals surface area contributed by atoms with Crippen molar-refractivity contribution >= 4 is 23.6 Å². The van der Waals surface area contributed by atoms with Gasteiger partial charge in [0.1, 0.15) is 5.82 Å². The second kappa shape index (κ2) is 10.1. The maximum atomic E-state index is 12.5. The van der Waals surface area contributed by atoms with Crippen molar-refractivity contribution in [1.29, 1.82) is 0 Å². The Morgan fingerprint density at radius 1 is 1.14 bits per heavy atom. The molecular formula is C25H33N7O3. The molecule has 3 heterocycles. The van der Waals surface area contributed by atoms with E-state index in [0.29, 0.717) is 56.8 Å². The third-order valence-corrected chi connectivity index (χ3v) is 6.61. The molecule has 4 amide bonds. The van der Waals surface area contributed by atoms with Gasteiger partial charge in [0.25, 0.3) is 0 Å². The number of fused-ring (bicyclic) bond motifs is 1. The van der Waals surface area contributed by atoms with Gasteiger partial charge in [-0.2, -0.15) is 0 Å². The largest absolute Gasteiger partial charge is 0.377 e. The van der Waals surface area contributed by atoms with Gasteiger partial charge >= 0.3 is 12.1 Å². The van der Waals surface area contributed by atoms with E-state index in [1.807, 2.05) is 31.2 Å². The summed E-state index contributed by atoms with van der Waals surface area (Å²) in [6.45, 7) is 7.82. The average molecular weight is 480 g/mol. The van der Waals surface area contributed by atoms with Crippen LogP contribution in [0.2, 0.25) is 0 Å². The molecule has 1 aromatic heterocycles. The van der Waals surface area contributed by atoms with Crippen LogP contribution in [0.5, 0.6) is 0 Å². The van der Waals surface area contributed by atoms with E-state index in [1.54, 1.807) is 4.90 Å². The number of amides is 4. The third kappa shape index (κ3) is 5.32. The van der Waals surface area contributed by atoms with Crippen molar-refractivity contribution < 1.29 is 14.3 Å². The molecule has 0 spiro atoms. The number of anilines is 2. The van der Waals surface area contributed by atoms with E-state index in [-0.39, 0.29) is 18.1 Å². The van der Waals surface area contributed by atoms with E-state index in [9.17, 15) is 9.59 Å². The summed E-state index contributed by atoms with van der Waals surface area (Å²) in [5.41, 5.74) is 3.57. The summed E-state index contributed by atoms with van der Waals surface area (Å²) >= 11 is 0.